The van der Waals surface area contributed by atoms with Crippen LogP contribution in [0.5, 0.6) is 0 Å². The van der Waals surface area contributed by atoms with Crippen molar-refractivity contribution in [3.05, 3.63) is 35.6 Å². The van der Waals surface area contributed by atoms with Crippen LogP contribution in [0.4, 0.5) is 4.39 Å². The van der Waals surface area contributed by atoms with Gasteiger partial charge in [0.25, 0.3) is 0 Å². The Hall–Kier alpha value is -1.42. The third kappa shape index (κ3) is 3.27. The Kier molecular flexibility index (Phi) is 4.09. The number of hydrogen-bond acceptors (Lipinski definition) is 3. The van der Waals surface area contributed by atoms with E-state index in [1.54, 1.807) is 6.07 Å². The van der Waals surface area contributed by atoms with Gasteiger partial charge in [0.15, 0.2) is 0 Å². The second-order valence-corrected chi connectivity index (χ2v) is 4.07. The zero-order valence-corrected chi connectivity index (χ0v) is 9.52. The first-order chi connectivity index (χ1) is 8.27. The minimum Gasteiger partial charge on any atom is -0.459 e. The molecule has 1 aliphatic rings. The fourth-order valence-electron chi connectivity index (χ4n) is 1.81. The fraction of sp³-hybridized carbons (Fsp3) is 0.462. The summed E-state index contributed by atoms with van der Waals surface area (Å²) in [5.41, 5.74) is -0.0247. The molecule has 0 unspecified atom stereocenters. The average Bonchev–Trinajstić information content (AvgIpc) is 2.38. The summed E-state index contributed by atoms with van der Waals surface area (Å²) >= 11 is 0. The van der Waals surface area contributed by atoms with Crippen molar-refractivity contribution in [2.45, 2.75) is 25.4 Å². The van der Waals surface area contributed by atoms with Crippen LogP contribution in [0.15, 0.2) is 24.3 Å². The lowest BCUT2D eigenvalue weighted by atomic mass is 10.1. The minimum absolute atomic E-state index is 0.0247. The maximum Gasteiger partial charge on any atom is 0.341 e. The van der Waals surface area contributed by atoms with Crippen molar-refractivity contribution in [2.24, 2.45) is 0 Å². The molecule has 1 fully saturated rings. The average molecular weight is 238 g/mol. The van der Waals surface area contributed by atoms with E-state index in [0.717, 1.165) is 19.3 Å². The zero-order chi connectivity index (χ0) is 12.1. The van der Waals surface area contributed by atoms with Gasteiger partial charge in [0.1, 0.15) is 12.4 Å². The molecule has 1 aromatic rings. The molecule has 1 saturated heterocycles. The van der Waals surface area contributed by atoms with Gasteiger partial charge in [-0.15, -0.1) is 0 Å². The molecule has 0 amide bonds. The Morgan fingerprint density at radius 2 is 2.24 bits per heavy atom. The number of ether oxygens (including phenoxy) is 2. The molecular formula is C13H15FO3. The van der Waals surface area contributed by atoms with Crippen LogP contribution in [-0.4, -0.2) is 25.3 Å². The lowest BCUT2D eigenvalue weighted by Crippen LogP contribution is -2.26. The Labute approximate surface area is 99.5 Å². The van der Waals surface area contributed by atoms with Crippen LogP contribution in [0.2, 0.25) is 0 Å². The summed E-state index contributed by atoms with van der Waals surface area (Å²) in [5, 5.41) is 0. The van der Waals surface area contributed by atoms with E-state index in [9.17, 15) is 9.18 Å². The van der Waals surface area contributed by atoms with Crippen molar-refractivity contribution in [1.29, 1.82) is 0 Å². The highest BCUT2D eigenvalue weighted by Crippen LogP contribution is 2.14. The highest BCUT2D eigenvalue weighted by Gasteiger charge is 2.18. The van der Waals surface area contributed by atoms with Gasteiger partial charge in [0, 0.05) is 6.61 Å². The van der Waals surface area contributed by atoms with Gasteiger partial charge in [-0.1, -0.05) is 12.1 Å². The molecule has 0 spiro atoms. The Balaban J connectivity index is 1.87. The summed E-state index contributed by atoms with van der Waals surface area (Å²) in [6.45, 7) is 0.912. The van der Waals surface area contributed by atoms with Crippen molar-refractivity contribution in [1.82, 2.24) is 0 Å². The van der Waals surface area contributed by atoms with Crippen LogP contribution in [-0.2, 0) is 9.47 Å². The predicted octanol–water partition coefficient (Wildman–Crippen LogP) is 2.55. The number of hydrogen-bond donors (Lipinski definition) is 0. The van der Waals surface area contributed by atoms with E-state index in [0.29, 0.717) is 6.61 Å². The molecule has 0 saturated carbocycles. The van der Waals surface area contributed by atoms with Gasteiger partial charge < -0.3 is 9.47 Å². The highest BCUT2D eigenvalue weighted by molar-refractivity contribution is 5.89. The van der Waals surface area contributed by atoms with E-state index in [4.69, 9.17) is 9.47 Å². The molecular weight excluding hydrogens is 223 g/mol. The Bertz CT molecular complexity index is 386. The van der Waals surface area contributed by atoms with Crippen molar-refractivity contribution >= 4 is 5.97 Å². The van der Waals surface area contributed by atoms with Gasteiger partial charge in [-0.2, -0.15) is 0 Å². The normalized spacial score (nSPS) is 19.9. The molecule has 0 N–H and O–H groups in total. The third-order valence-corrected chi connectivity index (χ3v) is 2.77. The van der Waals surface area contributed by atoms with Gasteiger partial charge in [0.05, 0.1) is 11.7 Å². The van der Waals surface area contributed by atoms with E-state index in [1.165, 1.54) is 18.2 Å². The highest BCUT2D eigenvalue weighted by atomic mass is 19.1. The second kappa shape index (κ2) is 5.77. The summed E-state index contributed by atoms with van der Waals surface area (Å²) in [7, 11) is 0. The smallest absolute Gasteiger partial charge is 0.341 e. The molecule has 1 aliphatic heterocycles. The third-order valence-electron chi connectivity index (χ3n) is 2.77. The monoisotopic (exact) mass is 238 g/mol. The molecule has 0 bridgehead atoms. The van der Waals surface area contributed by atoms with Gasteiger partial charge >= 0.3 is 5.97 Å². The number of benzene rings is 1. The van der Waals surface area contributed by atoms with Crippen LogP contribution >= 0.6 is 0 Å². The lowest BCUT2D eigenvalue weighted by Gasteiger charge is -2.22. The van der Waals surface area contributed by atoms with Gasteiger partial charge in [-0.3, -0.25) is 0 Å². The second-order valence-electron chi connectivity index (χ2n) is 4.07. The Morgan fingerprint density at radius 1 is 1.41 bits per heavy atom. The van der Waals surface area contributed by atoms with Gasteiger partial charge in [-0.05, 0) is 31.4 Å². The molecule has 0 radical (unpaired) electrons. The summed E-state index contributed by atoms with van der Waals surface area (Å²) in [5.74, 6) is -1.18. The maximum absolute atomic E-state index is 13.3. The van der Waals surface area contributed by atoms with Gasteiger partial charge in [0.2, 0.25) is 0 Å². The predicted molar refractivity (Wildman–Crippen MR) is 60.3 cm³/mol. The first kappa shape index (κ1) is 12.0. The van der Waals surface area contributed by atoms with Crippen molar-refractivity contribution < 1.29 is 18.7 Å². The molecule has 17 heavy (non-hydrogen) atoms. The quantitative estimate of drug-likeness (QED) is 0.759. The van der Waals surface area contributed by atoms with Crippen LogP contribution in [0.25, 0.3) is 0 Å². The molecule has 1 atom stereocenters. The Morgan fingerprint density at radius 3 is 2.94 bits per heavy atom. The number of rotatable bonds is 3. The van der Waals surface area contributed by atoms with E-state index < -0.39 is 11.8 Å². The number of halogens is 1. The van der Waals surface area contributed by atoms with Gasteiger partial charge in [-0.25, -0.2) is 9.18 Å². The SMILES string of the molecule is O=C(OC[C@H]1CCCCO1)c1ccccc1F. The standard InChI is InChI=1S/C13H15FO3/c14-12-7-2-1-6-11(12)13(15)17-9-10-5-3-4-8-16-10/h1-2,6-7,10H,3-5,8-9H2/t10-/m1/s1. The number of carbonyl (C=O) groups excluding carboxylic acids is 1. The molecule has 4 heteroatoms. The molecule has 0 aliphatic carbocycles. The topological polar surface area (TPSA) is 35.5 Å². The summed E-state index contributed by atoms with van der Waals surface area (Å²) in [6, 6.07) is 5.81. The van der Waals surface area contributed by atoms with Crippen LogP contribution in [0.1, 0.15) is 29.6 Å². The van der Waals surface area contributed by atoms with E-state index >= 15 is 0 Å². The lowest BCUT2D eigenvalue weighted by molar-refractivity contribution is -0.0302. The first-order valence-electron chi connectivity index (χ1n) is 5.80. The summed E-state index contributed by atoms with van der Waals surface area (Å²) in [4.78, 5) is 11.6. The minimum atomic E-state index is -0.628. The number of esters is 1. The molecule has 3 nitrogen and oxygen atoms in total. The largest absolute Gasteiger partial charge is 0.459 e. The van der Waals surface area contributed by atoms with E-state index in [1.807, 2.05) is 0 Å². The summed E-state index contributed by atoms with van der Waals surface area (Å²) in [6.07, 6.45) is 2.99. The van der Waals surface area contributed by atoms with Crippen LogP contribution in [0, 0.1) is 5.82 Å². The van der Waals surface area contributed by atoms with E-state index in [-0.39, 0.29) is 18.3 Å². The molecule has 0 aromatic heterocycles. The summed E-state index contributed by atoms with van der Waals surface area (Å²) < 4.78 is 23.7. The van der Waals surface area contributed by atoms with Crippen molar-refractivity contribution in [2.75, 3.05) is 13.2 Å². The molecule has 1 aromatic carbocycles. The molecule has 2 rings (SSSR count). The fourth-order valence-corrected chi connectivity index (χ4v) is 1.81. The first-order valence-corrected chi connectivity index (χ1v) is 5.80. The molecule has 92 valence electrons. The van der Waals surface area contributed by atoms with Crippen LogP contribution < -0.4 is 0 Å². The number of carbonyl (C=O) groups is 1. The van der Waals surface area contributed by atoms with Crippen molar-refractivity contribution in [3.8, 4) is 0 Å². The molecule has 1 heterocycles. The maximum atomic E-state index is 13.3. The van der Waals surface area contributed by atoms with Crippen molar-refractivity contribution in [3.63, 3.8) is 0 Å². The van der Waals surface area contributed by atoms with Crippen LogP contribution in [0.3, 0.4) is 0 Å². The van der Waals surface area contributed by atoms with E-state index in [2.05, 4.69) is 0 Å². The zero-order valence-electron chi connectivity index (χ0n) is 9.52.